The molecule has 0 radical (unpaired) electrons. The molecule has 0 unspecified atom stereocenters. The fourth-order valence-corrected chi connectivity index (χ4v) is 3.75. The van der Waals surface area contributed by atoms with Crippen LogP contribution in [0.15, 0.2) is 54.6 Å². The van der Waals surface area contributed by atoms with Gasteiger partial charge in [0, 0.05) is 35.8 Å². The molecule has 0 aliphatic carbocycles. The lowest BCUT2D eigenvalue weighted by atomic mass is 9.96. The number of rotatable bonds is 10. The predicted octanol–water partition coefficient (Wildman–Crippen LogP) is 2.56. The van der Waals surface area contributed by atoms with E-state index in [9.17, 15) is 24.0 Å². The average Bonchev–Trinajstić information content (AvgIpc) is 2.94. The molecule has 0 N–H and O–H groups in total. The van der Waals surface area contributed by atoms with Crippen LogP contribution in [0.3, 0.4) is 0 Å². The van der Waals surface area contributed by atoms with Crippen molar-refractivity contribution in [2.75, 3.05) is 26.3 Å². The first-order valence-corrected chi connectivity index (χ1v) is 11.8. The highest BCUT2D eigenvalue weighted by atomic mass is 16.6. The molecule has 194 valence electrons. The van der Waals surface area contributed by atoms with Crippen LogP contribution in [0, 0.1) is 5.92 Å². The molecule has 3 rings (SSSR count). The maximum absolute atomic E-state index is 13.1. The van der Waals surface area contributed by atoms with Crippen molar-refractivity contribution in [3.05, 3.63) is 60.2 Å². The van der Waals surface area contributed by atoms with Crippen LogP contribution < -0.4 is 4.74 Å². The number of amides is 3. The van der Waals surface area contributed by atoms with Crippen molar-refractivity contribution in [2.45, 2.75) is 26.4 Å². The summed E-state index contributed by atoms with van der Waals surface area (Å²) in [5, 5.41) is 0.662. The second-order valence-electron chi connectivity index (χ2n) is 8.08. The standard InChI is InChI=1S/C26H28N3O8/c1-2-35-24(32)17-36-23-10-8-22(9-11-23)28(18-30)29(19-31)25(33)21-12-14-27(15-13-21)26(34)37-16-20-6-4-3-5-7-20/h3-11,19,21H,2,12-17H2,1H3/q+1. The van der Waals surface area contributed by atoms with Crippen LogP contribution in [0.2, 0.25) is 0 Å². The Morgan fingerprint density at radius 3 is 2.32 bits per heavy atom. The number of carbonyl (C=O) groups is 4. The summed E-state index contributed by atoms with van der Waals surface area (Å²) in [4.78, 5) is 61.8. The van der Waals surface area contributed by atoms with E-state index in [0.717, 1.165) is 10.2 Å². The van der Waals surface area contributed by atoms with Crippen molar-refractivity contribution >= 4 is 36.1 Å². The average molecular weight is 511 g/mol. The van der Waals surface area contributed by atoms with Gasteiger partial charge < -0.3 is 19.1 Å². The topological polar surface area (TPSA) is 123 Å². The lowest BCUT2D eigenvalue weighted by molar-refractivity contribution is -0.576. The Balaban J connectivity index is 1.55. The van der Waals surface area contributed by atoms with E-state index in [4.69, 9.17) is 14.2 Å². The second-order valence-corrected chi connectivity index (χ2v) is 8.08. The molecule has 11 nitrogen and oxygen atoms in total. The number of hydrazine groups is 1. The van der Waals surface area contributed by atoms with E-state index in [0.29, 0.717) is 23.6 Å². The van der Waals surface area contributed by atoms with Crippen LogP contribution in [-0.4, -0.2) is 71.4 Å². The summed E-state index contributed by atoms with van der Waals surface area (Å²) in [7, 11) is 0. The highest BCUT2D eigenvalue weighted by Crippen LogP contribution is 2.23. The molecule has 0 bridgehead atoms. The van der Waals surface area contributed by atoms with Crippen LogP contribution in [0.4, 0.5) is 10.5 Å². The largest absolute Gasteiger partial charge is 0.482 e. The van der Waals surface area contributed by atoms with E-state index in [1.807, 2.05) is 30.3 Å². The first-order valence-electron chi connectivity index (χ1n) is 11.8. The quantitative estimate of drug-likeness (QED) is 0.119. The van der Waals surface area contributed by atoms with Gasteiger partial charge in [0.15, 0.2) is 6.61 Å². The van der Waals surface area contributed by atoms with E-state index < -0.39 is 23.9 Å². The fraction of sp³-hybridized carbons (Fsp3) is 0.346. The van der Waals surface area contributed by atoms with E-state index in [-0.39, 0.29) is 45.0 Å². The number of imide groups is 1. The highest BCUT2D eigenvalue weighted by molar-refractivity contribution is 5.87. The SMILES string of the molecule is CCOC(=O)COc1ccc([N+](=C=O)N(C=O)C(=O)C2CCN(C(=O)OCc3ccccc3)CC2)cc1. The lowest BCUT2D eigenvalue weighted by Gasteiger charge is -2.30. The molecular formula is C26H28N3O8+. The van der Waals surface area contributed by atoms with Crippen molar-refractivity contribution in [1.82, 2.24) is 9.91 Å². The van der Waals surface area contributed by atoms with Crippen molar-refractivity contribution < 1.29 is 42.9 Å². The number of hydrazone groups is 1. The van der Waals surface area contributed by atoms with Gasteiger partial charge in [-0.05, 0) is 42.5 Å². The molecule has 0 atom stereocenters. The van der Waals surface area contributed by atoms with Crippen LogP contribution in [0.5, 0.6) is 5.75 Å². The molecule has 11 heteroatoms. The third kappa shape index (κ3) is 7.49. The van der Waals surface area contributed by atoms with Gasteiger partial charge >= 0.3 is 18.1 Å². The molecule has 3 amide bonds. The van der Waals surface area contributed by atoms with Gasteiger partial charge in [-0.15, -0.1) is 0 Å². The Morgan fingerprint density at radius 2 is 1.73 bits per heavy atom. The number of hydrogen-bond acceptors (Lipinski definition) is 8. The van der Waals surface area contributed by atoms with Gasteiger partial charge in [0.05, 0.1) is 6.61 Å². The number of carbonyl (C=O) groups excluding carboxylic acids is 5. The van der Waals surface area contributed by atoms with Crippen molar-refractivity contribution in [1.29, 1.82) is 0 Å². The van der Waals surface area contributed by atoms with Gasteiger partial charge in [0.2, 0.25) is 5.69 Å². The number of piperidine rings is 1. The first kappa shape index (κ1) is 27.1. The molecule has 1 fully saturated rings. The van der Waals surface area contributed by atoms with E-state index in [1.165, 1.54) is 29.2 Å². The van der Waals surface area contributed by atoms with Gasteiger partial charge in [0.1, 0.15) is 12.4 Å². The lowest BCUT2D eigenvalue weighted by Crippen LogP contribution is -2.46. The Kier molecular flexibility index (Phi) is 9.92. The maximum atomic E-state index is 13.1. The van der Waals surface area contributed by atoms with E-state index in [1.54, 1.807) is 13.0 Å². The Labute approximate surface area is 213 Å². The normalized spacial score (nSPS) is 13.2. The zero-order chi connectivity index (χ0) is 26.6. The molecule has 1 aliphatic heterocycles. The van der Waals surface area contributed by atoms with E-state index in [2.05, 4.69) is 0 Å². The fourth-order valence-electron chi connectivity index (χ4n) is 3.75. The van der Waals surface area contributed by atoms with Crippen LogP contribution in [0.1, 0.15) is 25.3 Å². The third-order valence-corrected chi connectivity index (χ3v) is 5.68. The summed E-state index contributed by atoms with van der Waals surface area (Å²) in [6.07, 6.45) is 1.97. The zero-order valence-corrected chi connectivity index (χ0v) is 20.4. The number of esters is 1. The second kappa shape index (κ2) is 13.6. The van der Waals surface area contributed by atoms with Crippen molar-refractivity contribution in [3.8, 4) is 5.75 Å². The number of ether oxygens (including phenoxy) is 3. The number of nitrogens with zero attached hydrogens (tertiary/aromatic N) is 3. The van der Waals surface area contributed by atoms with Gasteiger partial charge in [-0.3, -0.25) is 9.59 Å². The third-order valence-electron chi connectivity index (χ3n) is 5.68. The number of likely N-dealkylation sites (tertiary alicyclic amines) is 1. The smallest absolute Gasteiger partial charge is 0.463 e. The zero-order valence-electron chi connectivity index (χ0n) is 20.4. The summed E-state index contributed by atoms with van der Waals surface area (Å²) in [5.41, 5.74) is 1.06. The summed E-state index contributed by atoms with van der Waals surface area (Å²) in [6, 6.07) is 15.1. The Morgan fingerprint density at radius 1 is 1.05 bits per heavy atom. The molecule has 0 spiro atoms. The number of benzene rings is 2. The minimum atomic E-state index is -0.585. The van der Waals surface area contributed by atoms with Gasteiger partial charge in [0.25, 0.3) is 12.3 Å². The van der Waals surface area contributed by atoms with Gasteiger partial charge in [-0.1, -0.05) is 30.3 Å². The molecule has 0 aromatic heterocycles. The van der Waals surface area contributed by atoms with Gasteiger partial charge in [-0.2, -0.15) is 4.79 Å². The van der Waals surface area contributed by atoms with E-state index >= 15 is 0 Å². The van der Waals surface area contributed by atoms with Gasteiger partial charge in [-0.25, -0.2) is 9.59 Å². The van der Waals surface area contributed by atoms with Crippen molar-refractivity contribution in [2.24, 2.45) is 5.92 Å². The monoisotopic (exact) mass is 510 g/mol. The molecule has 37 heavy (non-hydrogen) atoms. The Hall–Kier alpha value is -4.50. The molecule has 1 heterocycles. The Bertz CT molecular complexity index is 1140. The molecule has 1 aliphatic rings. The predicted molar refractivity (Wildman–Crippen MR) is 128 cm³/mol. The maximum Gasteiger partial charge on any atom is 0.463 e. The minimum absolute atomic E-state index is 0.147. The summed E-state index contributed by atoms with van der Waals surface area (Å²) in [5.74, 6) is -1.36. The summed E-state index contributed by atoms with van der Waals surface area (Å²) < 4.78 is 16.2. The van der Waals surface area contributed by atoms with Crippen LogP contribution >= 0.6 is 0 Å². The summed E-state index contributed by atoms with van der Waals surface area (Å²) >= 11 is 0. The molecule has 0 saturated carbocycles. The minimum Gasteiger partial charge on any atom is -0.482 e. The first-order chi connectivity index (χ1) is 18.0. The van der Waals surface area contributed by atoms with Crippen LogP contribution in [0.25, 0.3) is 0 Å². The van der Waals surface area contributed by atoms with Crippen molar-refractivity contribution in [3.63, 3.8) is 0 Å². The number of isocyanates is 1. The summed E-state index contributed by atoms with van der Waals surface area (Å²) in [6.45, 7) is 2.32. The molecule has 2 aromatic carbocycles. The highest BCUT2D eigenvalue weighted by Gasteiger charge is 2.37. The number of hydrogen-bond donors (Lipinski definition) is 0. The molecule has 1 saturated heterocycles. The van der Waals surface area contributed by atoms with Crippen LogP contribution in [-0.2, 0) is 35.3 Å². The molecular weight excluding hydrogens is 482 g/mol. The molecule has 2 aromatic rings.